The Morgan fingerprint density at radius 3 is 1.37 bits per heavy atom. The van der Waals surface area contributed by atoms with E-state index >= 15 is 0 Å². The van der Waals surface area contributed by atoms with Gasteiger partial charge in [0.15, 0.2) is 17.5 Å². The number of benzene rings is 12. The zero-order valence-corrected chi connectivity index (χ0v) is 45.9. The fourth-order valence-electron chi connectivity index (χ4n) is 13.0. The Morgan fingerprint density at radius 1 is 0.289 bits per heavy atom. The molecule has 0 fully saturated rings. The largest absolute Gasteiger partial charge is 0.455 e. The molecule has 0 saturated heterocycles. The van der Waals surface area contributed by atoms with Crippen LogP contribution in [-0.2, 0) is 0 Å². The molecule has 386 valence electrons. The Morgan fingerprint density at radius 2 is 0.771 bits per heavy atom. The molecule has 0 aliphatic rings. The van der Waals surface area contributed by atoms with E-state index in [1.165, 1.54) is 45.7 Å². The lowest BCUT2D eigenvalue weighted by atomic mass is 9.92. The van der Waals surface area contributed by atoms with Crippen LogP contribution in [0.4, 0.5) is 0 Å². The Hall–Kier alpha value is -10.5. The molecular weight excluding hydrogens is 1050 g/mol. The van der Waals surface area contributed by atoms with Gasteiger partial charge in [-0.3, -0.25) is 0 Å². The Balaban J connectivity index is 0.894. The fourth-order valence-corrected chi connectivity index (χ4v) is 15.3. The molecular formula is C75H43N5OS2. The van der Waals surface area contributed by atoms with Crippen molar-refractivity contribution in [1.29, 1.82) is 0 Å². The summed E-state index contributed by atoms with van der Waals surface area (Å²) < 4.78 is 17.0. The van der Waals surface area contributed by atoms with Crippen molar-refractivity contribution in [3.05, 3.63) is 261 Å². The molecule has 0 bridgehead atoms. The molecule has 18 aromatic rings. The monoisotopic (exact) mass is 1090 g/mol. The topological polar surface area (TPSA) is 61.7 Å². The van der Waals surface area contributed by atoms with E-state index in [9.17, 15) is 0 Å². The molecule has 8 heteroatoms. The van der Waals surface area contributed by atoms with Crippen LogP contribution in [0.25, 0.3) is 174 Å². The molecule has 6 heterocycles. The summed E-state index contributed by atoms with van der Waals surface area (Å²) in [6.45, 7) is 0. The molecule has 0 aliphatic carbocycles. The quantitative estimate of drug-likeness (QED) is 0.160. The lowest BCUT2D eigenvalue weighted by Crippen LogP contribution is -2.04. The van der Waals surface area contributed by atoms with Crippen molar-refractivity contribution in [2.45, 2.75) is 0 Å². The number of para-hydroxylation sites is 3. The third-order valence-electron chi connectivity index (χ3n) is 16.8. The number of hydrogen-bond acceptors (Lipinski definition) is 6. The Bertz CT molecular complexity index is 5500. The average molecular weight is 1090 g/mol. The molecule has 83 heavy (non-hydrogen) atoms. The molecule has 6 aromatic heterocycles. The van der Waals surface area contributed by atoms with E-state index in [1.807, 2.05) is 0 Å². The lowest BCUT2D eigenvalue weighted by molar-refractivity contribution is 0.673. The van der Waals surface area contributed by atoms with E-state index in [0.29, 0.717) is 17.5 Å². The minimum absolute atomic E-state index is 0.588. The van der Waals surface area contributed by atoms with Crippen molar-refractivity contribution in [2.75, 3.05) is 0 Å². The zero-order chi connectivity index (χ0) is 54.3. The number of aromatic nitrogens is 5. The van der Waals surface area contributed by atoms with Crippen LogP contribution < -0.4 is 0 Å². The van der Waals surface area contributed by atoms with Gasteiger partial charge in [-0.25, -0.2) is 15.0 Å². The first-order valence-electron chi connectivity index (χ1n) is 27.9. The normalized spacial score (nSPS) is 12.1. The van der Waals surface area contributed by atoms with E-state index in [0.717, 1.165) is 110 Å². The molecule has 0 aliphatic heterocycles. The molecule has 0 N–H and O–H groups in total. The van der Waals surface area contributed by atoms with E-state index < -0.39 is 0 Å². The summed E-state index contributed by atoms with van der Waals surface area (Å²) in [6.07, 6.45) is 0. The molecule has 0 saturated carbocycles. The van der Waals surface area contributed by atoms with Crippen LogP contribution in [0, 0.1) is 0 Å². The van der Waals surface area contributed by atoms with Crippen LogP contribution in [0.5, 0.6) is 0 Å². The van der Waals surface area contributed by atoms with Gasteiger partial charge in [0.1, 0.15) is 11.2 Å². The second-order valence-electron chi connectivity index (χ2n) is 21.4. The average Bonchev–Trinajstić information content (AvgIpc) is 2.94. The van der Waals surface area contributed by atoms with E-state index in [-0.39, 0.29) is 0 Å². The van der Waals surface area contributed by atoms with Gasteiger partial charge in [-0.1, -0.05) is 176 Å². The van der Waals surface area contributed by atoms with Crippen molar-refractivity contribution < 1.29 is 4.42 Å². The van der Waals surface area contributed by atoms with Crippen molar-refractivity contribution in [1.82, 2.24) is 24.1 Å². The molecule has 12 aromatic carbocycles. The summed E-state index contributed by atoms with van der Waals surface area (Å²) in [7, 11) is 0. The van der Waals surface area contributed by atoms with Crippen LogP contribution in [-0.4, -0.2) is 24.1 Å². The standard InChI is InChI=1S/C75H43N5OS2/c1-4-18-44(19-5-1)57-38-48(75-77-73(46-32-34-53-51-25-12-16-30-66(51)82-68(53)40-46)76-74(78-75)47-33-35-54-52-26-13-17-31-67(52)83-69(54)41-47)39-58(45-20-6-2-7-21-45)71(57)80-62-29-15-11-27-56(62)70-63(80)37-36-55-60-42-64-59(43-65(60)81-72(55)70)50-24-10-14-28-61(50)79(64)49-22-8-3-9-23-49/h1-43H. The molecule has 0 unspecified atom stereocenters. The predicted octanol–water partition coefficient (Wildman–Crippen LogP) is 21.0. The first kappa shape index (κ1) is 46.3. The third kappa shape index (κ3) is 7.10. The first-order valence-corrected chi connectivity index (χ1v) is 29.5. The van der Waals surface area contributed by atoms with Crippen LogP contribution in [0.3, 0.4) is 0 Å². The number of thiophene rings is 2. The highest BCUT2D eigenvalue weighted by atomic mass is 32.1. The minimum atomic E-state index is 0.588. The van der Waals surface area contributed by atoms with Gasteiger partial charge in [-0.05, 0) is 96.1 Å². The van der Waals surface area contributed by atoms with Gasteiger partial charge < -0.3 is 13.6 Å². The highest BCUT2D eigenvalue weighted by Crippen LogP contribution is 2.48. The zero-order valence-electron chi connectivity index (χ0n) is 44.3. The van der Waals surface area contributed by atoms with Crippen LogP contribution >= 0.6 is 22.7 Å². The number of nitrogens with zero attached hydrogens (tertiary/aromatic N) is 5. The van der Waals surface area contributed by atoms with E-state index in [4.69, 9.17) is 19.4 Å². The molecule has 0 radical (unpaired) electrons. The van der Waals surface area contributed by atoms with Gasteiger partial charge >= 0.3 is 0 Å². The van der Waals surface area contributed by atoms with Gasteiger partial charge in [-0.2, -0.15) is 0 Å². The number of furan rings is 1. The first-order chi connectivity index (χ1) is 41.1. The molecule has 0 amide bonds. The summed E-state index contributed by atoms with van der Waals surface area (Å²) in [5, 5.41) is 11.6. The van der Waals surface area contributed by atoms with Gasteiger partial charge in [0.2, 0.25) is 0 Å². The highest BCUT2D eigenvalue weighted by molar-refractivity contribution is 7.26. The van der Waals surface area contributed by atoms with Gasteiger partial charge in [0.25, 0.3) is 0 Å². The predicted molar refractivity (Wildman–Crippen MR) is 349 cm³/mol. The van der Waals surface area contributed by atoms with E-state index in [1.54, 1.807) is 22.7 Å². The van der Waals surface area contributed by atoms with Crippen molar-refractivity contribution >= 4 is 129 Å². The highest BCUT2D eigenvalue weighted by Gasteiger charge is 2.26. The minimum Gasteiger partial charge on any atom is -0.455 e. The molecule has 0 atom stereocenters. The number of fused-ring (bicyclic) bond motifs is 16. The van der Waals surface area contributed by atoms with Crippen LogP contribution in [0.2, 0.25) is 0 Å². The fraction of sp³-hybridized carbons (Fsp3) is 0. The number of hydrogen-bond donors (Lipinski definition) is 0. The van der Waals surface area contributed by atoms with E-state index in [2.05, 4.69) is 270 Å². The Labute approximate surface area is 482 Å². The summed E-state index contributed by atoms with van der Waals surface area (Å²) >= 11 is 3.60. The second-order valence-corrected chi connectivity index (χ2v) is 23.6. The smallest absolute Gasteiger partial charge is 0.164 e. The maximum absolute atomic E-state index is 7.23. The molecule has 0 spiro atoms. The third-order valence-corrected chi connectivity index (χ3v) is 19.0. The summed E-state index contributed by atoms with van der Waals surface area (Å²) in [6, 6.07) is 93.9. The summed E-state index contributed by atoms with van der Waals surface area (Å²) in [5.74, 6) is 1.82. The van der Waals surface area contributed by atoms with Crippen LogP contribution in [0.15, 0.2) is 265 Å². The molecule has 18 rings (SSSR count). The van der Waals surface area contributed by atoms with Crippen LogP contribution in [0.1, 0.15) is 0 Å². The summed E-state index contributed by atoms with van der Waals surface area (Å²) in [4.78, 5) is 16.4. The maximum atomic E-state index is 7.23. The van der Waals surface area contributed by atoms with Gasteiger partial charge in [0, 0.05) is 101 Å². The van der Waals surface area contributed by atoms with Crippen molar-refractivity contribution in [2.24, 2.45) is 0 Å². The summed E-state index contributed by atoms with van der Waals surface area (Å²) in [5.41, 5.74) is 15.3. The van der Waals surface area contributed by atoms with Gasteiger partial charge in [0.05, 0.1) is 33.1 Å². The lowest BCUT2D eigenvalue weighted by Gasteiger charge is -2.21. The Kier molecular flexibility index (Phi) is 10.0. The second kappa shape index (κ2) is 18.0. The van der Waals surface area contributed by atoms with Crippen molar-refractivity contribution in [3.8, 4) is 67.8 Å². The SMILES string of the molecule is c1ccc(-c2cc(-c3nc(-c4ccc5c(c4)sc4ccccc45)nc(-c4ccc5c(c4)sc4ccccc45)n3)cc(-c3ccccc3)c2-n2c3ccccc3c3c4oc5cc6c7ccccc7n(-c7ccccc7)c6cc5c4ccc32)cc1. The molecule has 6 nitrogen and oxygen atoms in total. The van der Waals surface area contributed by atoms with Gasteiger partial charge in [-0.15, -0.1) is 22.7 Å². The van der Waals surface area contributed by atoms with Crippen molar-refractivity contribution in [3.63, 3.8) is 0 Å². The number of rotatable bonds is 7. The maximum Gasteiger partial charge on any atom is 0.164 e.